The number of nitrogens with zero attached hydrogens (tertiary/aromatic N) is 5. The fourth-order valence-electron chi connectivity index (χ4n) is 3.60. The van der Waals surface area contributed by atoms with E-state index in [1.165, 1.54) is 4.68 Å². The van der Waals surface area contributed by atoms with Gasteiger partial charge >= 0.3 is 0 Å². The predicted molar refractivity (Wildman–Crippen MR) is 104 cm³/mol. The number of fused-ring (bicyclic) bond motifs is 1. The van der Waals surface area contributed by atoms with Crippen molar-refractivity contribution in [1.82, 2.24) is 24.8 Å². The molecule has 152 valence electrons. The maximum Gasteiger partial charge on any atom is 0.275 e. The van der Waals surface area contributed by atoms with Crippen LogP contribution in [-0.4, -0.2) is 57.5 Å². The van der Waals surface area contributed by atoms with Gasteiger partial charge in [-0.1, -0.05) is 23.4 Å². The first-order chi connectivity index (χ1) is 14.2. The Kier molecular flexibility index (Phi) is 5.66. The number of hydrogen-bond donors (Lipinski definition) is 0. The predicted octanol–water partition coefficient (Wildman–Crippen LogP) is 1.37. The Balaban J connectivity index is 1.44. The number of rotatable bonds is 6. The van der Waals surface area contributed by atoms with Crippen LogP contribution in [0, 0.1) is 0 Å². The summed E-state index contributed by atoms with van der Waals surface area (Å²) in [5.74, 6) is 1.02. The highest BCUT2D eigenvalue weighted by Crippen LogP contribution is 2.26. The van der Waals surface area contributed by atoms with Gasteiger partial charge < -0.3 is 14.2 Å². The van der Waals surface area contributed by atoms with E-state index in [0.29, 0.717) is 43.2 Å². The van der Waals surface area contributed by atoms with Crippen molar-refractivity contribution in [2.75, 3.05) is 26.8 Å². The highest BCUT2D eigenvalue weighted by atomic mass is 16.5. The van der Waals surface area contributed by atoms with Crippen molar-refractivity contribution in [3.05, 3.63) is 52.5 Å². The van der Waals surface area contributed by atoms with E-state index >= 15 is 0 Å². The van der Waals surface area contributed by atoms with Crippen molar-refractivity contribution in [3.63, 3.8) is 0 Å². The first-order valence-corrected chi connectivity index (χ1v) is 9.70. The zero-order valence-corrected chi connectivity index (χ0v) is 16.3. The minimum absolute atomic E-state index is 0.00206. The number of piperidine rings is 1. The Morgan fingerprint density at radius 2 is 2.21 bits per heavy atom. The van der Waals surface area contributed by atoms with E-state index in [1.807, 2.05) is 12.1 Å². The minimum Gasteiger partial charge on any atom is -0.384 e. The smallest absolute Gasteiger partial charge is 0.275 e. The Morgan fingerprint density at radius 3 is 3.07 bits per heavy atom. The summed E-state index contributed by atoms with van der Waals surface area (Å²) in [6.07, 6.45) is 3.92. The molecular formula is C20H23N5O4. The van der Waals surface area contributed by atoms with Gasteiger partial charge in [-0.05, 0) is 18.9 Å². The second-order valence-electron chi connectivity index (χ2n) is 7.17. The first-order valence-electron chi connectivity index (χ1n) is 9.70. The van der Waals surface area contributed by atoms with Crippen molar-refractivity contribution in [3.8, 4) is 0 Å². The average molecular weight is 397 g/mol. The molecule has 0 unspecified atom stereocenters. The van der Waals surface area contributed by atoms with Gasteiger partial charge in [0.05, 0.1) is 24.1 Å². The molecule has 2 aromatic heterocycles. The SMILES string of the molecule is COCCc1noc([C@H]2CCCN(C(=O)Cn3ncc4ccccc4c3=O)C2)n1. The largest absolute Gasteiger partial charge is 0.384 e. The molecule has 9 nitrogen and oxygen atoms in total. The van der Waals surface area contributed by atoms with Crippen LogP contribution in [0.15, 0.2) is 39.8 Å². The Labute approximate surface area is 167 Å². The molecule has 0 bridgehead atoms. The zero-order chi connectivity index (χ0) is 20.2. The van der Waals surface area contributed by atoms with Gasteiger partial charge in [0.25, 0.3) is 5.56 Å². The molecule has 1 aliphatic heterocycles. The summed E-state index contributed by atoms with van der Waals surface area (Å²) in [6.45, 7) is 1.58. The molecule has 29 heavy (non-hydrogen) atoms. The second kappa shape index (κ2) is 8.52. The maximum absolute atomic E-state index is 12.8. The van der Waals surface area contributed by atoms with Crippen LogP contribution in [0.5, 0.6) is 0 Å². The van der Waals surface area contributed by atoms with Crippen molar-refractivity contribution in [2.24, 2.45) is 0 Å². The molecule has 0 spiro atoms. The molecule has 0 aliphatic carbocycles. The van der Waals surface area contributed by atoms with E-state index in [1.54, 1.807) is 30.3 Å². The van der Waals surface area contributed by atoms with Crippen molar-refractivity contribution in [2.45, 2.75) is 31.7 Å². The lowest BCUT2D eigenvalue weighted by atomic mass is 9.98. The molecule has 1 aromatic carbocycles. The zero-order valence-electron chi connectivity index (χ0n) is 16.3. The summed E-state index contributed by atoms with van der Waals surface area (Å²) in [7, 11) is 1.63. The molecule has 1 amide bonds. The Hall–Kier alpha value is -3.07. The van der Waals surface area contributed by atoms with Gasteiger partial charge in [0.1, 0.15) is 6.54 Å². The molecule has 3 aromatic rings. The minimum atomic E-state index is -0.260. The second-order valence-corrected chi connectivity index (χ2v) is 7.17. The summed E-state index contributed by atoms with van der Waals surface area (Å²) < 4.78 is 11.7. The van der Waals surface area contributed by atoms with Gasteiger partial charge in [-0.15, -0.1) is 0 Å². The number of methoxy groups -OCH3 is 1. The van der Waals surface area contributed by atoms with E-state index in [9.17, 15) is 9.59 Å². The summed E-state index contributed by atoms with van der Waals surface area (Å²) >= 11 is 0. The Morgan fingerprint density at radius 1 is 1.34 bits per heavy atom. The van der Waals surface area contributed by atoms with Gasteiger partial charge in [-0.2, -0.15) is 10.1 Å². The summed E-state index contributed by atoms with van der Waals surface area (Å²) in [5, 5.41) is 9.46. The number of carbonyl (C=O) groups is 1. The van der Waals surface area contributed by atoms with Crippen molar-refractivity contribution >= 4 is 16.7 Å². The number of benzene rings is 1. The average Bonchev–Trinajstić information content (AvgIpc) is 3.23. The summed E-state index contributed by atoms with van der Waals surface area (Å²) in [6, 6.07) is 7.23. The number of likely N-dealkylation sites (tertiary alicyclic amines) is 1. The summed E-state index contributed by atoms with van der Waals surface area (Å²) in [5.41, 5.74) is -0.260. The topological polar surface area (TPSA) is 103 Å². The molecular weight excluding hydrogens is 374 g/mol. The van der Waals surface area contributed by atoms with Crippen molar-refractivity contribution in [1.29, 1.82) is 0 Å². The van der Waals surface area contributed by atoms with Crippen LogP contribution in [0.4, 0.5) is 0 Å². The van der Waals surface area contributed by atoms with Gasteiger partial charge in [0.2, 0.25) is 11.8 Å². The number of carbonyl (C=O) groups excluding carboxylic acids is 1. The number of ether oxygens (including phenoxy) is 1. The van der Waals surface area contributed by atoms with Crippen LogP contribution in [0.1, 0.15) is 30.5 Å². The molecule has 1 saturated heterocycles. The number of aromatic nitrogens is 4. The molecule has 1 atom stereocenters. The molecule has 0 N–H and O–H groups in total. The molecule has 3 heterocycles. The van der Waals surface area contributed by atoms with E-state index < -0.39 is 0 Å². The normalized spacial score (nSPS) is 17.0. The van der Waals surface area contributed by atoms with Gasteiger partial charge in [-0.3, -0.25) is 9.59 Å². The molecule has 9 heteroatoms. The fraction of sp³-hybridized carbons (Fsp3) is 0.450. The third-order valence-corrected chi connectivity index (χ3v) is 5.18. The molecule has 0 saturated carbocycles. The van der Waals surface area contributed by atoms with E-state index in [-0.39, 0.29) is 23.9 Å². The lowest BCUT2D eigenvalue weighted by molar-refractivity contribution is -0.133. The number of hydrogen-bond acceptors (Lipinski definition) is 7. The lowest BCUT2D eigenvalue weighted by Gasteiger charge is -2.31. The van der Waals surface area contributed by atoms with Crippen LogP contribution in [0.25, 0.3) is 10.8 Å². The van der Waals surface area contributed by atoms with Crippen LogP contribution < -0.4 is 5.56 Å². The van der Waals surface area contributed by atoms with E-state index in [4.69, 9.17) is 9.26 Å². The fourth-order valence-corrected chi connectivity index (χ4v) is 3.60. The maximum atomic E-state index is 12.8. The lowest BCUT2D eigenvalue weighted by Crippen LogP contribution is -2.42. The van der Waals surface area contributed by atoms with Crippen LogP contribution in [0.2, 0.25) is 0 Å². The van der Waals surface area contributed by atoms with Crippen LogP contribution in [-0.2, 0) is 22.5 Å². The van der Waals surface area contributed by atoms with Gasteiger partial charge in [-0.25, -0.2) is 4.68 Å². The van der Waals surface area contributed by atoms with Crippen LogP contribution >= 0.6 is 0 Å². The quantitative estimate of drug-likeness (QED) is 0.619. The van der Waals surface area contributed by atoms with Crippen LogP contribution in [0.3, 0.4) is 0 Å². The van der Waals surface area contributed by atoms with E-state index in [2.05, 4.69) is 15.2 Å². The molecule has 1 fully saturated rings. The third-order valence-electron chi connectivity index (χ3n) is 5.18. The molecule has 1 aliphatic rings. The van der Waals surface area contributed by atoms with Crippen molar-refractivity contribution < 1.29 is 14.1 Å². The number of amides is 1. The van der Waals surface area contributed by atoms with E-state index in [0.717, 1.165) is 18.2 Å². The summed E-state index contributed by atoms with van der Waals surface area (Å²) in [4.78, 5) is 31.6. The third kappa shape index (κ3) is 4.19. The highest BCUT2D eigenvalue weighted by molar-refractivity contribution is 5.81. The first kappa shape index (κ1) is 19.3. The monoisotopic (exact) mass is 397 g/mol. The molecule has 0 radical (unpaired) electrons. The highest BCUT2D eigenvalue weighted by Gasteiger charge is 2.29. The van der Waals surface area contributed by atoms with Gasteiger partial charge in [0.15, 0.2) is 5.82 Å². The standard InChI is InChI=1S/C20H23N5O4/c1-28-10-8-17-22-19(29-23-17)15-6-4-9-24(12-15)18(26)13-25-20(27)16-7-3-2-5-14(16)11-21-25/h2-3,5,7,11,15H,4,6,8-10,12-13H2,1H3/t15-/m0/s1. The van der Waals surface area contributed by atoms with Gasteiger partial charge in [0, 0.05) is 32.0 Å². The Bertz CT molecular complexity index is 1060. The molecule has 4 rings (SSSR count).